The Morgan fingerprint density at radius 3 is 2.41 bits per heavy atom. The van der Waals surface area contributed by atoms with E-state index in [0.29, 0.717) is 11.3 Å². The second kappa shape index (κ2) is 4.52. The van der Waals surface area contributed by atoms with Gasteiger partial charge in [-0.3, -0.25) is 0 Å². The van der Waals surface area contributed by atoms with E-state index in [1.54, 1.807) is 24.3 Å². The summed E-state index contributed by atoms with van der Waals surface area (Å²) in [6.07, 6.45) is -2.66. The smallest absolute Gasteiger partial charge is 0.222 e. The fraction of sp³-hybridized carbons (Fsp3) is 0.0909. The fourth-order valence-electron chi connectivity index (χ4n) is 1.34. The van der Waals surface area contributed by atoms with Crippen LogP contribution < -0.4 is 0 Å². The van der Waals surface area contributed by atoms with E-state index in [1.165, 1.54) is 4.68 Å². The second-order valence-electron chi connectivity index (χ2n) is 3.26. The molecule has 0 atom stereocenters. The van der Waals surface area contributed by atoms with Crippen LogP contribution >= 0.6 is 11.6 Å². The summed E-state index contributed by atoms with van der Waals surface area (Å²) in [7, 11) is 0. The van der Waals surface area contributed by atoms with Crippen molar-refractivity contribution in [2.45, 2.75) is 6.43 Å². The Morgan fingerprint density at radius 1 is 1.29 bits per heavy atom. The number of hydrogen-bond acceptors (Lipinski definition) is 2. The van der Waals surface area contributed by atoms with Gasteiger partial charge >= 0.3 is 0 Å². The Labute approximate surface area is 101 Å². The van der Waals surface area contributed by atoms with E-state index in [-0.39, 0.29) is 10.8 Å². The number of nitriles is 1. The summed E-state index contributed by atoms with van der Waals surface area (Å²) in [5, 5.41) is 12.4. The topological polar surface area (TPSA) is 41.6 Å². The summed E-state index contributed by atoms with van der Waals surface area (Å²) < 4.78 is 26.0. The van der Waals surface area contributed by atoms with Crippen molar-refractivity contribution >= 4 is 11.6 Å². The summed E-state index contributed by atoms with van der Waals surface area (Å²) in [5.41, 5.74) is 0.631. The Hall–Kier alpha value is -1.93. The normalized spacial score (nSPS) is 10.5. The highest BCUT2D eigenvalue weighted by molar-refractivity contribution is 6.29. The lowest BCUT2D eigenvalue weighted by Gasteiger charge is -2.02. The zero-order chi connectivity index (χ0) is 12.4. The van der Waals surface area contributed by atoms with Crippen molar-refractivity contribution in [1.82, 2.24) is 9.78 Å². The Balaban J connectivity index is 2.42. The lowest BCUT2D eigenvalue weighted by atomic mass is 10.2. The summed E-state index contributed by atoms with van der Waals surface area (Å²) in [6.45, 7) is 0. The van der Waals surface area contributed by atoms with Gasteiger partial charge in [0.2, 0.25) is 0 Å². The molecule has 0 spiro atoms. The van der Waals surface area contributed by atoms with Crippen molar-refractivity contribution in [2.24, 2.45) is 0 Å². The molecule has 86 valence electrons. The van der Waals surface area contributed by atoms with Crippen LogP contribution in [0.25, 0.3) is 5.69 Å². The maximum Gasteiger partial charge on any atom is 0.282 e. The molecule has 0 radical (unpaired) electrons. The van der Waals surface area contributed by atoms with E-state index in [9.17, 15) is 8.78 Å². The maximum atomic E-state index is 12.4. The molecule has 0 N–H and O–H groups in total. The molecule has 1 aromatic heterocycles. The second-order valence-corrected chi connectivity index (χ2v) is 3.65. The van der Waals surface area contributed by atoms with Gasteiger partial charge in [-0.25, -0.2) is 13.5 Å². The molecule has 0 aliphatic heterocycles. The number of aromatic nitrogens is 2. The fourth-order valence-corrected chi connectivity index (χ4v) is 1.59. The van der Waals surface area contributed by atoms with Gasteiger partial charge in [-0.05, 0) is 24.3 Å². The predicted molar refractivity (Wildman–Crippen MR) is 58.2 cm³/mol. The van der Waals surface area contributed by atoms with Gasteiger partial charge in [0.15, 0.2) is 0 Å². The van der Waals surface area contributed by atoms with Crippen LogP contribution in [0.1, 0.15) is 17.7 Å². The molecule has 0 bridgehead atoms. The summed E-state index contributed by atoms with van der Waals surface area (Å²) in [6, 6.07) is 9.39. The molecule has 1 aromatic carbocycles. The van der Waals surface area contributed by atoms with E-state index >= 15 is 0 Å². The quantitative estimate of drug-likeness (QED) is 0.824. The lowest BCUT2D eigenvalue weighted by molar-refractivity contribution is 0.145. The van der Waals surface area contributed by atoms with Crippen LogP contribution in [0.15, 0.2) is 30.3 Å². The van der Waals surface area contributed by atoms with Gasteiger partial charge in [0, 0.05) is 6.07 Å². The van der Waals surface area contributed by atoms with Crippen molar-refractivity contribution in [3.8, 4) is 11.8 Å². The maximum absolute atomic E-state index is 12.4. The molecule has 17 heavy (non-hydrogen) atoms. The average Bonchev–Trinajstić information content (AvgIpc) is 2.72. The summed E-state index contributed by atoms with van der Waals surface area (Å²) in [4.78, 5) is 0. The molecule has 0 saturated heterocycles. The first-order valence-electron chi connectivity index (χ1n) is 4.66. The molecule has 6 heteroatoms. The van der Waals surface area contributed by atoms with Gasteiger partial charge < -0.3 is 0 Å². The zero-order valence-corrected chi connectivity index (χ0v) is 9.20. The van der Waals surface area contributed by atoms with Crippen molar-refractivity contribution in [2.75, 3.05) is 0 Å². The van der Waals surface area contributed by atoms with Gasteiger partial charge in [-0.1, -0.05) is 11.6 Å². The standard InChI is InChI=1S/C11H6ClF2N3/c12-10-5-9(11(13)14)16-17(10)8-3-1-7(6-15)2-4-8/h1-5,11H. The van der Waals surface area contributed by atoms with Gasteiger partial charge in [-0.15, -0.1) is 0 Å². The molecular weight excluding hydrogens is 248 g/mol. The highest BCUT2D eigenvalue weighted by atomic mass is 35.5. The van der Waals surface area contributed by atoms with Crippen LogP contribution in [0, 0.1) is 11.3 Å². The third-order valence-electron chi connectivity index (χ3n) is 2.15. The van der Waals surface area contributed by atoms with E-state index in [1.807, 2.05) is 6.07 Å². The molecule has 0 aliphatic carbocycles. The Kier molecular flexibility index (Phi) is 3.07. The molecule has 2 aromatic rings. The van der Waals surface area contributed by atoms with Crippen molar-refractivity contribution in [3.63, 3.8) is 0 Å². The summed E-state index contributed by atoms with van der Waals surface area (Å²) in [5.74, 6) is 0. The number of halogens is 3. The molecule has 0 unspecified atom stereocenters. The van der Waals surface area contributed by atoms with E-state index in [4.69, 9.17) is 16.9 Å². The van der Waals surface area contributed by atoms with Crippen LogP contribution in [0.3, 0.4) is 0 Å². The molecule has 0 saturated carbocycles. The first kappa shape index (κ1) is 11.6. The van der Waals surface area contributed by atoms with Crippen LogP contribution in [0.4, 0.5) is 8.78 Å². The van der Waals surface area contributed by atoms with Crippen LogP contribution in [0.2, 0.25) is 5.15 Å². The predicted octanol–water partition coefficient (Wildman–Crippen LogP) is 3.33. The van der Waals surface area contributed by atoms with Gasteiger partial charge in [0.05, 0.1) is 17.3 Å². The number of rotatable bonds is 2. The molecule has 2 rings (SSSR count). The minimum atomic E-state index is -2.66. The Bertz CT molecular complexity index is 569. The molecule has 1 heterocycles. The van der Waals surface area contributed by atoms with Crippen molar-refractivity contribution in [3.05, 3.63) is 46.7 Å². The van der Waals surface area contributed by atoms with E-state index in [2.05, 4.69) is 5.10 Å². The van der Waals surface area contributed by atoms with Gasteiger partial charge in [-0.2, -0.15) is 10.4 Å². The first-order valence-corrected chi connectivity index (χ1v) is 5.04. The van der Waals surface area contributed by atoms with Crippen LogP contribution in [-0.2, 0) is 0 Å². The minimum absolute atomic E-state index is 0.102. The molecular formula is C11H6ClF2N3. The van der Waals surface area contributed by atoms with E-state index in [0.717, 1.165) is 6.07 Å². The van der Waals surface area contributed by atoms with Crippen molar-refractivity contribution < 1.29 is 8.78 Å². The first-order chi connectivity index (χ1) is 8.11. The largest absolute Gasteiger partial charge is 0.282 e. The summed E-state index contributed by atoms with van der Waals surface area (Å²) >= 11 is 5.80. The average molecular weight is 254 g/mol. The van der Waals surface area contributed by atoms with Gasteiger partial charge in [0.1, 0.15) is 10.8 Å². The number of alkyl halides is 2. The highest BCUT2D eigenvalue weighted by Gasteiger charge is 2.15. The number of nitrogens with zero attached hydrogens (tertiary/aromatic N) is 3. The number of benzene rings is 1. The third-order valence-corrected chi connectivity index (χ3v) is 2.42. The lowest BCUT2D eigenvalue weighted by Crippen LogP contribution is -1.97. The van der Waals surface area contributed by atoms with Crippen molar-refractivity contribution in [1.29, 1.82) is 5.26 Å². The monoisotopic (exact) mass is 253 g/mol. The molecule has 0 fully saturated rings. The minimum Gasteiger partial charge on any atom is -0.222 e. The van der Waals surface area contributed by atoms with Gasteiger partial charge in [0.25, 0.3) is 6.43 Å². The molecule has 0 amide bonds. The number of hydrogen-bond donors (Lipinski definition) is 0. The van der Waals surface area contributed by atoms with Crippen LogP contribution in [0.5, 0.6) is 0 Å². The third kappa shape index (κ3) is 2.27. The van der Waals surface area contributed by atoms with E-state index < -0.39 is 6.43 Å². The Morgan fingerprint density at radius 2 is 1.94 bits per heavy atom. The molecule has 0 aliphatic rings. The highest BCUT2D eigenvalue weighted by Crippen LogP contribution is 2.23. The molecule has 3 nitrogen and oxygen atoms in total. The zero-order valence-electron chi connectivity index (χ0n) is 8.44. The van der Waals surface area contributed by atoms with Crippen LogP contribution in [-0.4, -0.2) is 9.78 Å². The SMILES string of the molecule is N#Cc1ccc(-n2nc(C(F)F)cc2Cl)cc1.